The highest BCUT2D eigenvalue weighted by molar-refractivity contribution is 8.27. The third-order valence-electron chi connectivity index (χ3n) is 4.35. The number of aromatic nitrogens is 1. The van der Waals surface area contributed by atoms with Gasteiger partial charge < -0.3 is 9.84 Å². The number of anilines is 1. The minimum Gasteiger partial charge on any atom is -0.494 e. The molecule has 1 N–H and O–H groups in total. The molecule has 1 aromatic heterocycles. The van der Waals surface area contributed by atoms with E-state index >= 15 is 0 Å². The van der Waals surface area contributed by atoms with Crippen LogP contribution in [0.25, 0.3) is 17.0 Å². The molecule has 4 rings (SSSR count). The Balaban J connectivity index is 1.70. The molecule has 0 unspecified atom stereocenters. The Morgan fingerprint density at radius 1 is 1.21 bits per heavy atom. The van der Waals surface area contributed by atoms with Crippen LogP contribution in [0.2, 0.25) is 0 Å². The van der Waals surface area contributed by atoms with Gasteiger partial charge in [-0.1, -0.05) is 48.2 Å². The summed E-state index contributed by atoms with van der Waals surface area (Å²) in [6.45, 7) is 0. The summed E-state index contributed by atoms with van der Waals surface area (Å²) in [5.41, 5.74) is 1.81. The van der Waals surface area contributed by atoms with Crippen molar-refractivity contribution in [2.24, 2.45) is 0 Å². The number of amides is 1. The molecule has 1 aliphatic heterocycles. The number of carbonyl (C=O) groups excluding carboxylic acids is 1. The SMILES string of the molecule is COc1cccc2ccc(/C=C3/SC(=S)N(c4cccc(C(=O)O)c4)C3=O)nc12. The number of thioether (sulfide) groups is 1. The number of aromatic carboxylic acids is 1. The fourth-order valence-electron chi connectivity index (χ4n) is 2.98. The molecular formula is C21H14N2O4S2. The summed E-state index contributed by atoms with van der Waals surface area (Å²) in [7, 11) is 1.58. The number of carboxylic acids is 1. The number of pyridine rings is 1. The lowest BCUT2D eigenvalue weighted by Crippen LogP contribution is -2.27. The van der Waals surface area contributed by atoms with Gasteiger partial charge in [-0.15, -0.1) is 0 Å². The zero-order valence-electron chi connectivity index (χ0n) is 15.2. The second-order valence-electron chi connectivity index (χ2n) is 6.14. The monoisotopic (exact) mass is 422 g/mol. The number of methoxy groups -OCH3 is 1. The van der Waals surface area contributed by atoms with E-state index in [9.17, 15) is 14.7 Å². The van der Waals surface area contributed by atoms with Crippen molar-refractivity contribution in [2.75, 3.05) is 12.0 Å². The van der Waals surface area contributed by atoms with Crippen LogP contribution in [-0.4, -0.2) is 33.4 Å². The van der Waals surface area contributed by atoms with E-state index in [-0.39, 0.29) is 11.5 Å². The van der Waals surface area contributed by atoms with Crippen molar-refractivity contribution in [1.29, 1.82) is 0 Å². The number of carbonyl (C=O) groups is 2. The van der Waals surface area contributed by atoms with E-state index in [2.05, 4.69) is 4.98 Å². The zero-order chi connectivity index (χ0) is 20.5. The second-order valence-corrected chi connectivity index (χ2v) is 7.82. The maximum Gasteiger partial charge on any atom is 0.335 e. The quantitative estimate of drug-likeness (QED) is 0.495. The molecule has 3 aromatic rings. The van der Waals surface area contributed by atoms with E-state index in [1.807, 2.05) is 30.3 Å². The number of hydrogen-bond donors (Lipinski definition) is 1. The highest BCUT2D eigenvalue weighted by atomic mass is 32.2. The summed E-state index contributed by atoms with van der Waals surface area (Å²) < 4.78 is 5.70. The minimum atomic E-state index is -1.07. The average molecular weight is 422 g/mol. The molecule has 6 nitrogen and oxygen atoms in total. The van der Waals surface area contributed by atoms with Crippen molar-refractivity contribution >= 4 is 62.8 Å². The molecule has 8 heteroatoms. The van der Waals surface area contributed by atoms with Crippen molar-refractivity contribution in [2.45, 2.75) is 0 Å². The maximum absolute atomic E-state index is 12.9. The van der Waals surface area contributed by atoms with Gasteiger partial charge >= 0.3 is 5.97 Å². The van der Waals surface area contributed by atoms with E-state index < -0.39 is 5.97 Å². The van der Waals surface area contributed by atoms with Gasteiger partial charge in [-0.3, -0.25) is 9.69 Å². The lowest BCUT2D eigenvalue weighted by molar-refractivity contribution is -0.113. The molecule has 1 fully saturated rings. The molecule has 0 saturated carbocycles. The third-order valence-corrected chi connectivity index (χ3v) is 5.65. The first kappa shape index (κ1) is 19.1. The predicted molar refractivity (Wildman–Crippen MR) is 117 cm³/mol. The molecule has 0 atom stereocenters. The van der Waals surface area contributed by atoms with Gasteiger partial charge in [0.2, 0.25) is 0 Å². The van der Waals surface area contributed by atoms with Crippen molar-refractivity contribution < 1.29 is 19.4 Å². The van der Waals surface area contributed by atoms with E-state index in [0.717, 1.165) is 17.1 Å². The van der Waals surface area contributed by atoms with Crippen molar-refractivity contribution in [1.82, 2.24) is 4.98 Å². The Morgan fingerprint density at radius 3 is 2.76 bits per heavy atom. The predicted octanol–water partition coefficient (Wildman–Crippen LogP) is 4.35. The van der Waals surface area contributed by atoms with Crippen LogP contribution < -0.4 is 9.64 Å². The molecular weight excluding hydrogens is 408 g/mol. The number of thiocarbonyl (C=S) groups is 1. The van der Waals surface area contributed by atoms with E-state index in [1.54, 1.807) is 25.3 Å². The van der Waals surface area contributed by atoms with Crippen LogP contribution >= 0.6 is 24.0 Å². The van der Waals surface area contributed by atoms with Crippen LogP contribution in [0.15, 0.2) is 59.5 Å². The van der Waals surface area contributed by atoms with Crippen LogP contribution in [-0.2, 0) is 4.79 Å². The Kier molecular flexibility index (Phi) is 5.04. The van der Waals surface area contributed by atoms with Crippen LogP contribution in [0.1, 0.15) is 16.1 Å². The summed E-state index contributed by atoms with van der Waals surface area (Å²) in [6.07, 6.45) is 1.67. The summed E-state index contributed by atoms with van der Waals surface area (Å²) in [5.74, 6) is -0.734. The van der Waals surface area contributed by atoms with Gasteiger partial charge in [0.15, 0.2) is 4.32 Å². The molecule has 0 bridgehead atoms. The summed E-state index contributed by atoms with van der Waals surface area (Å²) >= 11 is 6.51. The first-order valence-electron chi connectivity index (χ1n) is 8.53. The smallest absolute Gasteiger partial charge is 0.335 e. The van der Waals surface area contributed by atoms with Gasteiger partial charge in [0.1, 0.15) is 11.3 Å². The molecule has 2 heterocycles. The van der Waals surface area contributed by atoms with Gasteiger partial charge in [0.25, 0.3) is 5.91 Å². The maximum atomic E-state index is 12.9. The average Bonchev–Trinajstić information content (AvgIpc) is 3.00. The number of para-hydroxylation sites is 1. The Hall–Kier alpha value is -3.23. The lowest BCUT2D eigenvalue weighted by atomic mass is 10.1. The van der Waals surface area contributed by atoms with E-state index in [4.69, 9.17) is 17.0 Å². The molecule has 0 radical (unpaired) electrons. The Bertz CT molecular complexity index is 1210. The lowest BCUT2D eigenvalue weighted by Gasteiger charge is -2.14. The van der Waals surface area contributed by atoms with Crippen LogP contribution in [0, 0.1) is 0 Å². The van der Waals surface area contributed by atoms with Crippen molar-refractivity contribution in [3.63, 3.8) is 0 Å². The molecule has 2 aromatic carbocycles. The van der Waals surface area contributed by atoms with Crippen LogP contribution in [0.5, 0.6) is 5.75 Å². The third kappa shape index (κ3) is 3.59. The van der Waals surface area contributed by atoms with Gasteiger partial charge in [0, 0.05) is 5.39 Å². The molecule has 29 heavy (non-hydrogen) atoms. The van der Waals surface area contributed by atoms with Gasteiger partial charge in [-0.2, -0.15) is 0 Å². The molecule has 144 valence electrons. The summed E-state index contributed by atoms with van der Waals surface area (Å²) in [6, 6.07) is 15.5. The molecule has 0 spiro atoms. The highest BCUT2D eigenvalue weighted by Crippen LogP contribution is 2.36. The molecule has 0 aliphatic carbocycles. The Labute approximate surface area is 175 Å². The van der Waals surface area contributed by atoms with Gasteiger partial charge in [-0.05, 0) is 36.4 Å². The fourth-order valence-corrected chi connectivity index (χ4v) is 4.27. The number of carboxylic acid groups (broad SMARTS) is 1. The normalized spacial score (nSPS) is 15.3. The van der Waals surface area contributed by atoms with Crippen LogP contribution in [0.3, 0.4) is 0 Å². The topological polar surface area (TPSA) is 79.7 Å². The van der Waals surface area contributed by atoms with Crippen molar-refractivity contribution in [3.8, 4) is 5.75 Å². The molecule has 1 aliphatic rings. The number of fused-ring (bicyclic) bond motifs is 1. The number of ether oxygens (including phenoxy) is 1. The zero-order valence-corrected chi connectivity index (χ0v) is 16.8. The van der Waals surface area contributed by atoms with Gasteiger partial charge in [0.05, 0.1) is 29.0 Å². The minimum absolute atomic E-state index is 0.0869. The van der Waals surface area contributed by atoms with Crippen LogP contribution in [0.4, 0.5) is 5.69 Å². The molecule has 1 saturated heterocycles. The first-order valence-corrected chi connectivity index (χ1v) is 9.75. The molecule has 1 amide bonds. The van der Waals surface area contributed by atoms with Crippen molar-refractivity contribution in [3.05, 3.63) is 70.8 Å². The standard InChI is InChI=1S/C21H14N2O4S2/c1-27-16-7-3-4-12-8-9-14(22-18(12)16)11-17-19(24)23(21(28)29-17)15-6-2-5-13(10-15)20(25)26/h2-11H,1H3,(H,25,26)/b17-11+. The number of benzene rings is 2. The summed E-state index contributed by atoms with van der Waals surface area (Å²) in [4.78, 5) is 30.5. The largest absolute Gasteiger partial charge is 0.494 e. The highest BCUT2D eigenvalue weighted by Gasteiger charge is 2.33. The Morgan fingerprint density at radius 2 is 2.00 bits per heavy atom. The number of rotatable bonds is 4. The van der Waals surface area contributed by atoms with Gasteiger partial charge in [-0.25, -0.2) is 9.78 Å². The second kappa shape index (κ2) is 7.65. The van der Waals surface area contributed by atoms with E-state index in [0.29, 0.717) is 31.9 Å². The first-order chi connectivity index (χ1) is 14.0. The number of nitrogens with zero attached hydrogens (tertiary/aromatic N) is 2. The van der Waals surface area contributed by atoms with E-state index in [1.165, 1.54) is 17.0 Å². The number of hydrogen-bond acceptors (Lipinski definition) is 6. The fraction of sp³-hybridized carbons (Fsp3) is 0.0476. The summed E-state index contributed by atoms with van der Waals surface area (Å²) in [5, 5.41) is 10.1.